The van der Waals surface area contributed by atoms with Crippen molar-refractivity contribution < 1.29 is 14.7 Å². The van der Waals surface area contributed by atoms with E-state index < -0.39 is 5.97 Å². The van der Waals surface area contributed by atoms with Crippen molar-refractivity contribution in [2.24, 2.45) is 5.92 Å². The number of hydrogen-bond acceptors (Lipinski definition) is 3. The molecule has 6 heteroatoms. The molecule has 19 heavy (non-hydrogen) atoms. The highest BCUT2D eigenvalue weighted by atomic mass is 35.5. The van der Waals surface area contributed by atoms with Crippen molar-refractivity contribution in [1.29, 1.82) is 0 Å². The first-order valence-electron chi connectivity index (χ1n) is 6.19. The van der Waals surface area contributed by atoms with Crippen LogP contribution in [-0.4, -0.2) is 40.0 Å². The highest BCUT2D eigenvalue weighted by Crippen LogP contribution is 2.21. The summed E-state index contributed by atoms with van der Waals surface area (Å²) in [7, 11) is 0. The molecule has 0 spiro atoms. The quantitative estimate of drug-likeness (QED) is 0.921. The molecule has 0 bridgehead atoms. The minimum absolute atomic E-state index is 0.120. The molecule has 0 aromatic carbocycles. The van der Waals surface area contributed by atoms with Crippen molar-refractivity contribution in [2.45, 2.75) is 19.3 Å². The van der Waals surface area contributed by atoms with Gasteiger partial charge in [0, 0.05) is 25.7 Å². The Balaban J connectivity index is 1.92. The molecule has 1 N–H and O–H groups in total. The maximum Gasteiger partial charge on any atom is 0.303 e. The molecule has 2 heterocycles. The second-order valence-electron chi connectivity index (χ2n) is 4.70. The van der Waals surface area contributed by atoms with Gasteiger partial charge in [-0.25, -0.2) is 4.98 Å². The molecule has 0 aliphatic carbocycles. The summed E-state index contributed by atoms with van der Waals surface area (Å²) in [6.45, 7) is 1.17. The molecule has 1 saturated heterocycles. The molecule has 1 amide bonds. The molecule has 0 atom stereocenters. The van der Waals surface area contributed by atoms with Crippen molar-refractivity contribution in [3.63, 3.8) is 0 Å². The van der Waals surface area contributed by atoms with Gasteiger partial charge in [0.15, 0.2) is 0 Å². The number of carboxylic acid groups (broad SMARTS) is 1. The number of halogens is 1. The standard InChI is InChI=1S/C13H15ClN2O3/c14-10-1-2-11(15-8-10)13(19)16-5-3-9(4-6-16)7-12(17)18/h1-2,8-9H,3-7H2,(H,17,18). The number of rotatable bonds is 3. The van der Waals surface area contributed by atoms with E-state index in [9.17, 15) is 9.59 Å². The fourth-order valence-electron chi connectivity index (χ4n) is 2.25. The Morgan fingerprint density at radius 3 is 2.58 bits per heavy atom. The lowest BCUT2D eigenvalue weighted by Gasteiger charge is -2.31. The zero-order chi connectivity index (χ0) is 13.8. The molecule has 1 fully saturated rings. The topological polar surface area (TPSA) is 70.5 Å². The summed E-state index contributed by atoms with van der Waals surface area (Å²) >= 11 is 5.73. The lowest BCUT2D eigenvalue weighted by Crippen LogP contribution is -2.39. The molecule has 102 valence electrons. The van der Waals surface area contributed by atoms with Crippen LogP contribution in [0.4, 0.5) is 0 Å². The summed E-state index contributed by atoms with van der Waals surface area (Å²) in [5, 5.41) is 9.24. The third-order valence-electron chi connectivity index (χ3n) is 3.31. The Bertz CT molecular complexity index is 467. The van der Waals surface area contributed by atoms with E-state index in [0.717, 1.165) is 12.8 Å². The molecular weight excluding hydrogens is 268 g/mol. The Hall–Kier alpha value is -1.62. The van der Waals surface area contributed by atoms with E-state index in [2.05, 4.69) is 4.98 Å². The smallest absolute Gasteiger partial charge is 0.303 e. The van der Waals surface area contributed by atoms with Gasteiger partial charge in [-0.3, -0.25) is 9.59 Å². The van der Waals surface area contributed by atoms with Crippen molar-refractivity contribution in [2.75, 3.05) is 13.1 Å². The first-order valence-corrected chi connectivity index (χ1v) is 6.56. The van der Waals surface area contributed by atoms with Crippen molar-refractivity contribution in [1.82, 2.24) is 9.88 Å². The minimum atomic E-state index is -0.774. The summed E-state index contributed by atoms with van der Waals surface area (Å²) in [6, 6.07) is 3.24. The van der Waals surface area contributed by atoms with Gasteiger partial charge in [-0.05, 0) is 30.9 Å². The fourth-order valence-corrected chi connectivity index (χ4v) is 2.36. The van der Waals surface area contributed by atoms with Gasteiger partial charge in [-0.1, -0.05) is 11.6 Å². The van der Waals surface area contributed by atoms with E-state index in [4.69, 9.17) is 16.7 Å². The second-order valence-corrected chi connectivity index (χ2v) is 5.13. The largest absolute Gasteiger partial charge is 0.481 e. The molecule has 1 aliphatic heterocycles. The third-order valence-corrected chi connectivity index (χ3v) is 3.54. The average molecular weight is 283 g/mol. The first kappa shape index (κ1) is 13.8. The summed E-state index contributed by atoms with van der Waals surface area (Å²) < 4.78 is 0. The average Bonchev–Trinajstić information content (AvgIpc) is 2.39. The van der Waals surface area contributed by atoms with Gasteiger partial charge >= 0.3 is 5.97 Å². The Morgan fingerprint density at radius 2 is 2.05 bits per heavy atom. The number of aliphatic carboxylic acids is 1. The van der Waals surface area contributed by atoms with Gasteiger partial charge in [0.25, 0.3) is 5.91 Å². The van der Waals surface area contributed by atoms with Gasteiger partial charge in [0.1, 0.15) is 5.69 Å². The number of carbonyl (C=O) groups is 2. The molecule has 2 rings (SSSR count). The lowest BCUT2D eigenvalue weighted by atomic mass is 9.93. The van der Waals surface area contributed by atoms with Gasteiger partial charge in [-0.15, -0.1) is 0 Å². The molecule has 1 aliphatic rings. The number of likely N-dealkylation sites (tertiary alicyclic amines) is 1. The summed E-state index contributed by atoms with van der Waals surface area (Å²) in [5.74, 6) is -0.727. The number of pyridine rings is 1. The predicted molar refractivity (Wildman–Crippen MR) is 70.1 cm³/mol. The third kappa shape index (κ3) is 3.67. The summed E-state index contributed by atoms with van der Waals surface area (Å²) in [6.07, 6.45) is 3.09. The van der Waals surface area contributed by atoms with Crippen LogP contribution in [-0.2, 0) is 4.79 Å². The van der Waals surface area contributed by atoms with Crippen LogP contribution in [0.3, 0.4) is 0 Å². The van der Waals surface area contributed by atoms with Gasteiger partial charge in [0.2, 0.25) is 0 Å². The molecule has 0 radical (unpaired) electrons. The summed E-state index contributed by atoms with van der Waals surface area (Å²) in [4.78, 5) is 28.5. The maximum absolute atomic E-state index is 12.1. The van der Waals surface area contributed by atoms with Gasteiger partial charge < -0.3 is 10.0 Å². The van der Waals surface area contributed by atoms with Gasteiger partial charge in [-0.2, -0.15) is 0 Å². The molecule has 0 saturated carbocycles. The molecule has 0 unspecified atom stereocenters. The first-order chi connectivity index (χ1) is 9.06. The number of piperidine rings is 1. The van der Waals surface area contributed by atoms with E-state index in [0.29, 0.717) is 23.8 Å². The van der Waals surface area contributed by atoms with Crippen LogP contribution in [0.15, 0.2) is 18.3 Å². The van der Waals surface area contributed by atoms with Crippen LogP contribution >= 0.6 is 11.6 Å². The number of carboxylic acids is 1. The van der Waals surface area contributed by atoms with E-state index in [1.54, 1.807) is 17.0 Å². The van der Waals surface area contributed by atoms with Gasteiger partial charge in [0.05, 0.1) is 5.02 Å². The maximum atomic E-state index is 12.1. The monoisotopic (exact) mass is 282 g/mol. The molecular formula is C13H15ClN2O3. The lowest BCUT2D eigenvalue weighted by molar-refractivity contribution is -0.138. The molecule has 1 aromatic rings. The van der Waals surface area contributed by atoms with Crippen LogP contribution in [0, 0.1) is 5.92 Å². The fraction of sp³-hybridized carbons (Fsp3) is 0.462. The van der Waals surface area contributed by atoms with Crippen LogP contribution in [0.2, 0.25) is 5.02 Å². The van der Waals surface area contributed by atoms with E-state index in [1.165, 1.54) is 6.20 Å². The van der Waals surface area contributed by atoms with E-state index >= 15 is 0 Å². The van der Waals surface area contributed by atoms with E-state index in [1.807, 2.05) is 0 Å². The Labute approximate surface area is 116 Å². The van der Waals surface area contributed by atoms with Crippen LogP contribution in [0.1, 0.15) is 29.8 Å². The number of nitrogens with zero attached hydrogens (tertiary/aromatic N) is 2. The second kappa shape index (κ2) is 6.02. The predicted octanol–water partition coefficient (Wildman–Crippen LogP) is 2.06. The summed E-state index contributed by atoms with van der Waals surface area (Å²) in [5.41, 5.74) is 0.376. The van der Waals surface area contributed by atoms with Crippen molar-refractivity contribution >= 4 is 23.5 Å². The highest BCUT2D eigenvalue weighted by molar-refractivity contribution is 6.30. The molecule has 5 nitrogen and oxygen atoms in total. The van der Waals surface area contributed by atoms with E-state index in [-0.39, 0.29) is 18.2 Å². The number of hydrogen-bond donors (Lipinski definition) is 1. The highest BCUT2D eigenvalue weighted by Gasteiger charge is 2.25. The number of amides is 1. The van der Waals surface area contributed by atoms with Crippen LogP contribution in [0.25, 0.3) is 0 Å². The zero-order valence-electron chi connectivity index (χ0n) is 10.4. The number of carbonyl (C=O) groups excluding carboxylic acids is 1. The van der Waals surface area contributed by atoms with Crippen LogP contribution in [0.5, 0.6) is 0 Å². The normalized spacial score (nSPS) is 16.4. The molecule has 1 aromatic heterocycles. The minimum Gasteiger partial charge on any atom is -0.481 e. The SMILES string of the molecule is O=C(O)CC1CCN(C(=O)c2ccc(Cl)cn2)CC1. The Morgan fingerprint density at radius 1 is 1.37 bits per heavy atom. The zero-order valence-corrected chi connectivity index (χ0v) is 11.1. The van der Waals surface area contributed by atoms with Crippen molar-refractivity contribution in [3.05, 3.63) is 29.0 Å². The van der Waals surface area contributed by atoms with Crippen LogP contribution < -0.4 is 0 Å². The Kier molecular flexibility index (Phi) is 4.37. The van der Waals surface area contributed by atoms with Crippen molar-refractivity contribution in [3.8, 4) is 0 Å². The number of aromatic nitrogens is 1.